The van der Waals surface area contributed by atoms with Crippen molar-refractivity contribution in [1.82, 2.24) is 0 Å². The van der Waals surface area contributed by atoms with E-state index < -0.39 is 10.9 Å². The lowest BCUT2D eigenvalue weighted by Gasteiger charge is -2.05. The minimum absolute atomic E-state index is 0.00917. The maximum Gasteiger partial charge on any atom is 0.344 e. The third-order valence-corrected chi connectivity index (χ3v) is 3.38. The van der Waals surface area contributed by atoms with E-state index in [1.165, 1.54) is 0 Å². The quantitative estimate of drug-likeness (QED) is 0.481. The molecule has 0 unspecified atom stereocenters. The van der Waals surface area contributed by atoms with E-state index in [2.05, 4.69) is 0 Å². The van der Waals surface area contributed by atoms with Gasteiger partial charge in [0.1, 0.15) is 0 Å². The first-order valence-electron chi connectivity index (χ1n) is 6.36. The van der Waals surface area contributed by atoms with Crippen LogP contribution >= 0.6 is 0 Å². The van der Waals surface area contributed by atoms with Crippen molar-refractivity contribution in [2.24, 2.45) is 0 Å². The van der Waals surface area contributed by atoms with Gasteiger partial charge in [-0.25, -0.2) is 4.79 Å². The van der Waals surface area contributed by atoms with Crippen molar-refractivity contribution < 1.29 is 14.5 Å². The normalized spacial score (nSPS) is 15.4. The van der Waals surface area contributed by atoms with Gasteiger partial charge in [-0.1, -0.05) is 36.4 Å². The Morgan fingerprint density at radius 3 is 2.33 bits per heavy atom. The summed E-state index contributed by atoms with van der Waals surface area (Å²) in [5, 5.41) is 11.5. The Hall–Kier alpha value is -2.95. The standard InChI is InChI=1S/C16H11NO4/c1-10-6-2-3-7-11(10)14(17(19)20)15-12-8-4-5-9-13(12)16(18)21-15/h2-9H,1H3/b15-14-. The van der Waals surface area contributed by atoms with Gasteiger partial charge in [0, 0.05) is 5.56 Å². The van der Waals surface area contributed by atoms with Gasteiger partial charge in [0.25, 0.3) is 0 Å². The summed E-state index contributed by atoms with van der Waals surface area (Å²) in [6.07, 6.45) is 0. The predicted molar refractivity (Wildman–Crippen MR) is 76.8 cm³/mol. The molecule has 2 aromatic carbocycles. The van der Waals surface area contributed by atoms with Gasteiger partial charge in [-0.15, -0.1) is 0 Å². The number of cyclic esters (lactones) is 1. The number of nitro groups is 1. The molecule has 0 atom stereocenters. The summed E-state index contributed by atoms with van der Waals surface area (Å²) in [5.74, 6) is -0.552. The Bertz CT molecular complexity index is 792. The maximum absolute atomic E-state index is 11.8. The van der Waals surface area contributed by atoms with Crippen molar-refractivity contribution >= 4 is 17.4 Å². The van der Waals surface area contributed by atoms with Crippen LogP contribution in [-0.4, -0.2) is 10.9 Å². The number of nitrogens with zero attached hydrogens (tertiary/aromatic N) is 1. The van der Waals surface area contributed by atoms with E-state index in [9.17, 15) is 14.9 Å². The number of rotatable bonds is 2. The van der Waals surface area contributed by atoms with Crippen LogP contribution in [0.3, 0.4) is 0 Å². The highest BCUT2D eigenvalue weighted by atomic mass is 16.6. The monoisotopic (exact) mass is 281 g/mol. The van der Waals surface area contributed by atoms with Crippen LogP contribution in [0.1, 0.15) is 27.0 Å². The lowest BCUT2D eigenvalue weighted by atomic mass is 10.0. The van der Waals surface area contributed by atoms with E-state index in [0.717, 1.165) is 5.56 Å². The van der Waals surface area contributed by atoms with E-state index in [4.69, 9.17) is 4.74 Å². The van der Waals surface area contributed by atoms with Crippen LogP contribution in [-0.2, 0) is 4.74 Å². The molecule has 1 aliphatic heterocycles. The van der Waals surface area contributed by atoms with Crippen molar-refractivity contribution in [3.63, 3.8) is 0 Å². The molecule has 0 saturated carbocycles. The van der Waals surface area contributed by atoms with Crippen LogP contribution in [0.5, 0.6) is 0 Å². The lowest BCUT2D eigenvalue weighted by Crippen LogP contribution is -2.04. The summed E-state index contributed by atoms with van der Waals surface area (Å²) in [6, 6.07) is 13.6. The van der Waals surface area contributed by atoms with Gasteiger partial charge >= 0.3 is 11.7 Å². The zero-order valence-corrected chi connectivity index (χ0v) is 11.2. The number of fused-ring (bicyclic) bond motifs is 1. The molecule has 3 rings (SSSR count). The summed E-state index contributed by atoms with van der Waals surface area (Å²) in [6.45, 7) is 1.78. The second-order valence-corrected chi connectivity index (χ2v) is 4.68. The minimum atomic E-state index is -0.562. The molecular formula is C16H11NO4. The first-order chi connectivity index (χ1) is 10.1. The minimum Gasteiger partial charge on any atom is -0.415 e. The van der Waals surface area contributed by atoms with E-state index in [1.807, 2.05) is 0 Å². The van der Waals surface area contributed by atoms with Gasteiger partial charge in [0.15, 0.2) is 0 Å². The SMILES string of the molecule is Cc1ccccc1/C(=C1/OC(=O)c2ccccc21)[N+](=O)[O-]. The topological polar surface area (TPSA) is 69.4 Å². The van der Waals surface area contributed by atoms with Crippen LogP contribution in [0.2, 0.25) is 0 Å². The van der Waals surface area contributed by atoms with Crippen LogP contribution in [0.4, 0.5) is 0 Å². The van der Waals surface area contributed by atoms with Gasteiger partial charge in [-0.05, 0) is 24.6 Å². The van der Waals surface area contributed by atoms with Crippen molar-refractivity contribution in [3.8, 4) is 0 Å². The number of hydrogen-bond acceptors (Lipinski definition) is 4. The van der Waals surface area contributed by atoms with Gasteiger partial charge in [0.2, 0.25) is 5.76 Å². The molecular weight excluding hydrogens is 270 g/mol. The number of ether oxygens (including phenoxy) is 1. The zero-order chi connectivity index (χ0) is 15.0. The largest absolute Gasteiger partial charge is 0.415 e. The van der Waals surface area contributed by atoms with Crippen LogP contribution < -0.4 is 0 Å². The van der Waals surface area contributed by atoms with Crippen molar-refractivity contribution in [2.75, 3.05) is 0 Å². The lowest BCUT2D eigenvalue weighted by molar-refractivity contribution is -0.375. The van der Waals surface area contributed by atoms with Gasteiger partial charge < -0.3 is 4.74 Å². The molecule has 0 saturated heterocycles. The Labute approximate surface area is 120 Å². The summed E-state index contributed by atoms with van der Waals surface area (Å²) in [7, 11) is 0. The Kier molecular flexibility index (Phi) is 3.02. The second-order valence-electron chi connectivity index (χ2n) is 4.68. The molecule has 1 aliphatic rings. The molecule has 5 heteroatoms. The van der Waals surface area contributed by atoms with E-state index in [-0.39, 0.29) is 11.5 Å². The summed E-state index contributed by atoms with van der Waals surface area (Å²) >= 11 is 0. The molecule has 2 aromatic rings. The third-order valence-electron chi connectivity index (χ3n) is 3.38. The average Bonchev–Trinajstić information content (AvgIpc) is 2.79. The number of hydrogen-bond donors (Lipinski definition) is 0. The molecule has 0 aromatic heterocycles. The van der Waals surface area contributed by atoms with Crippen molar-refractivity contribution in [3.05, 3.63) is 80.9 Å². The molecule has 0 radical (unpaired) electrons. The number of carbonyl (C=O) groups is 1. The van der Waals surface area contributed by atoms with E-state index in [1.54, 1.807) is 55.5 Å². The third kappa shape index (κ3) is 2.08. The molecule has 104 valence electrons. The smallest absolute Gasteiger partial charge is 0.344 e. The summed E-state index contributed by atoms with van der Waals surface area (Å²) < 4.78 is 5.16. The Morgan fingerprint density at radius 1 is 1.05 bits per heavy atom. The van der Waals surface area contributed by atoms with Gasteiger partial charge in [0.05, 0.1) is 16.1 Å². The highest BCUT2D eigenvalue weighted by Crippen LogP contribution is 2.36. The van der Waals surface area contributed by atoms with Crippen LogP contribution in [0, 0.1) is 17.0 Å². The molecule has 1 heterocycles. The highest BCUT2D eigenvalue weighted by Gasteiger charge is 2.35. The van der Waals surface area contributed by atoms with E-state index >= 15 is 0 Å². The first kappa shape index (κ1) is 13.1. The Balaban J connectivity index is 2.31. The van der Waals surface area contributed by atoms with E-state index in [0.29, 0.717) is 16.7 Å². The molecule has 0 bridgehead atoms. The maximum atomic E-state index is 11.8. The van der Waals surface area contributed by atoms with Crippen molar-refractivity contribution in [1.29, 1.82) is 0 Å². The number of aryl methyl sites for hydroxylation is 1. The molecule has 5 nitrogen and oxygen atoms in total. The van der Waals surface area contributed by atoms with Gasteiger partial charge in [-0.3, -0.25) is 10.1 Å². The fraction of sp³-hybridized carbons (Fsp3) is 0.0625. The van der Waals surface area contributed by atoms with Crippen LogP contribution in [0.25, 0.3) is 11.5 Å². The van der Waals surface area contributed by atoms with Gasteiger partial charge in [-0.2, -0.15) is 0 Å². The van der Waals surface area contributed by atoms with Crippen LogP contribution in [0.15, 0.2) is 48.5 Å². The number of benzene rings is 2. The summed E-state index contributed by atoms with van der Waals surface area (Å²) in [4.78, 5) is 22.8. The molecule has 21 heavy (non-hydrogen) atoms. The summed E-state index contributed by atoms with van der Waals surface area (Å²) in [5.41, 5.74) is 1.81. The molecule has 0 amide bonds. The average molecular weight is 281 g/mol. The molecule has 0 fully saturated rings. The highest BCUT2D eigenvalue weighted by molar-refractivity contribution is 6.07. The predicted octanol–water partition coefficient (Wildman–Crippen LogP) is 3.27. The second kappa shape index (κ2) is 4.86. The molecule has 0 N–H and O–H groups in total. The fourth-order valence-corrected chi connectivity index (χ4v) is 2.38. The zero-order valence-electron chi connectivity index (χ0n) is 11.2. The Morgan fingerprint density at radius 2 is 1.67 bits per heavy atom. The van der Waals surface area contributed by atoms with Crippen molar-refractivity contribution in [2.45, 2.75) is 6.92 Å². The molecule has 0 aliphatic carbocycles. The first-order valence-corrected chi connectivity index (χ1v) is 6.36. The number of esters is 1. The fourth-order valence-electron chi connectivity index (χ4n) is 2.38. The number of carbonyl (C=O) groups excluding carboxylic acids is 1. The molecule has 0 spiro atoms.